The van der Waals surface area contributed by atoms with Crippen molar-refractivity contribution in [2.75, 3.05) is 0 Å². The van der Waals surface area contributed by atoms with Crippen LogP contribution in [0.3, 0.4) is 0 Å². The lowest BCUT2D eigenvalue weighted by Gasteiger charge is -2.14. The molecule has 0 spiro atoms. The maximum Gasteiger partial charge on any atom is 0.272 e. The Hall–Kier alpha value is -2.20. The number of carbonyl (C=O) groups excluding carboxylic acids is 1. The quantitative estimate of drug-likeness (QED) is 0.698. The van der Waals surface area contributed by atoms with E-state index in [1.807, 2.05) is 0 Å². The summed E-state index contributed by atoms with van der Waals surface area (Å²) in [7, 11) is -3.70. The van der Waals surface area contributed by atoms with Crippen LogP contribution >= 0.6 is 0 Å². The number of H-pyrrole nitrogens is 1. The molecule has 3 N–H and O–H groups in total. The Bertz CT molecular complexity index is 958. The van der Waals surface area contributed by atoms with Crippen molar-refractivity contribution >= 4 is 15.9 Å². The minimum atomic E-state index is -3.70. The molecule has 10 heteroatoms. The second-order valence-corrected chi connectivity index (χ2v) is 8.99. The van der Waals surface area contributed by atoms with Gasteiger partial charge in [-0.1, -0.05) is 5.16 Å². The molecule has 0 unspecified atom stereocenters. The minimum Gasteiger partial charge on any atom is -0.360 e. The first-order valence-corrected chi connectivity index (χ1v) is 10.7. The molecule has 2 aliphatic carbocycles. The highest BCUT2D eigenvalue weighted by Crippen LogP contribution is 2.26. The number of amides is 1. The molecule has 1 amide bonds. The van der Waals surface area contributed by atoms with Crippen LogP contribution in [0.25, 0.3) is 0 Å². The van der Waals surface area contributed by atoms with Crippen LogP contribution in [-0.2, 0) is 22.9 Å². The summed E-state index contributed by atoms with van der Waals surface area (Å²) in [6.45, 7) is 3.18. The topological polar surface area (TPSA) is 130 Å². The van der Waals surface area contributed by atoms with Crippen LogP contribution in [0.1, 0.15) is 58.9 Å². The summed E-state index contributed by atoms with van der Waals surface area (Å²) in [5.74, 6) is 0.0869. The van der Waals surface area contributed by atoms with Gasteiger partial charge >= 0.3 is 0 Å². The zero-order valence-electron chi connectivity index (χ0n) is 15.3. The predicted molar refractivity (Wildman–Crippen MR) is 95.8 cm³/mol. The van der Waals surface area contributed by atoms with Gasteiger partial charge in [0, 0.05) is 23.3 Å². The highest BCUT2D eigenvalue weighted by atomic mass is 32.2. The summed E-state index contributed by atoms with van der Waals surface area (Å²) in [6, 6.07) is -0.317. The molecule has 2 heterocycles. The molecule has 2 atom stereocenters. The zero-order chi connectivity index (χ0) is 19.2. The molecule has 27 heavy (non-hydrogen) atoms. The van der Waals surface area contributed by atoms with Crippen molar-refractivity contribution in [3.8, 4) is 0 Å². The first-order valence-electron chi connectivity index (χ1n) is 9.17. The number of nitrogens with one attached hydrogen (secondary N) is 3. The molecular formula is C17H23N5O4S. The van der Waals surface area contributed by atoms with Crippen molar-refractivity contribution in [1.82, 2.24) is 25.4 Å². The Labute approximate surface area is 157 Å². The molecule has 146 valence electrons. The number of carbonyl (C=O) groups is 1. The van der Waals surface area contributed by atoms with Crippen LogP contribution in [0.4, 0.5) is 0 Å². The second kappa shape index (κ2) is 6.75. The van der Waals surface area contributed by atoms with Gasteiger partial charge in [-0.25, -0.2) is 13.1 Å². The molecule has 1 fully saturated rings. The fourth-order valence-electron chi connectivity index (χ4n) is 4.12. The number of aryl methyl sites for hydroxylation is 3. The molecule has 2 aromatic heterocycles. The first kappa shape index (κ1) is 18.2. The molecule has 0 aliphatic heterocycles. The van der Waals surface area contributed by atoms with Gasteiger partial charge in [-0.3, -0.25) is 9.89 Å². The third kappa shape index (κ3) is 3.39. The van der Waals surface area contributed by atoms with Crippen LogP contribution in [0.5, 0.6) is 0 Å². The number of hydrogen-bond donors (Lipinski definition) is 3. The van der Waals surface area contributed by atoms with Crippen LogP contribution in [0, 0.1) is 13.8 Å². The fourth-order valence-corrected chi connectivity index (χ4v) is 5.73. The molecule has 1 saturated carbocycles. The van der Waals surface area contributed by atoms with Crippen LogP contribution in [-0.4, -0.2) is 41.8 Å². The summed E-state index contributed by atoms with van der Waals surface area (Å²) in [5, 5.41) is 13.8. The largest absolute Gasteiger partial charge is 0.360 e. The van der Waals surface area contributed by atoms with Crippen molar-refractivity contribution in [2.24, 2.45) is 0 Å². The van der Waals surface area contributed by atoms with E-state index in [1.54, 1.807) is 13.8 Å². The number of sulfonamides is 1. The summed E-state index contributed by atoms with van der Waals surface area (Å²) in [4.78, 5) is 12.6. The standard InChI is InChI=1S/C17H23N5O4S/c1-9-16(10(2)26-21-9)27(24,25)22-12-7-6-11(8-12)18-17(23)15-13-4-3-5-14(13)19-20-15/h11-12,22H,3-8H2,1-2H3,(H,18,23)(H,19,20)/t11-,12+/m0/s1. The Kier molecular flexibility index (Phi) is 4.55. The Morgan fingerprint density at radius 3 is 2.74 bits per heavy atom. The van der Waals surface area contributed by atoms with E-state index < -0.39 is 10.0 Å². The van der Waals surface area contributed by atoms with Gasteiger partial charge in [0.25, 0.3) is 5.91 Å². The molecule has 0 saturated heterocycles. The van der Waals surface area contributed by atoms with Crippen molar-refractivity contribution in [3.63, 3.8) is 0 Å². The Morgan fingerprint density at radius 1 is 1.22 bits per heavy atom. The summed E-state index contributed by atoms with van der Waals surface area (Å²) in [5.41, 5.74) is 2.88. The smallest absolute Gasteiger partial charge is 0.272 e. The monoisotopic (exact) mass is 393 g/mol. The van der Waals surface area contributed by atoms with Crippen molar-refractivity contribution < 1.29 is 17.7 Å². The van der Waals surface area contributed by atoms with Gasteiger partial charge < -0.3 is 9.84 Å². The van der Waals surface area contributed by atoms with E-state index in [0.29, 0.717) is 30.7 Å². The SMILES string of the molecule is Cc1noc(C)c1S(=O)(=O)N[C@@H]1CC[C@H](NC(=O)c2n[nH]c3c2CCC3)C1. The third-order valence-electron chi connectivity index (χ3n) is 5.35. The first-order chi connectivity index (χ1) is 12.8. The predicted octanol–water partition coefficient (Wildman–Crippen LogP) is 1.13. The lowest BCUT2D eigenvalue weighted by atomic mass is 10.1. The zero-order valence-corrected chi connectivity index (χ0v) is 16.1. The average molecular weight is 393 g/mol. The number of fused-ring (bicyclic) bond motifs is 1. The second-order valence-electron chi connectivity index (χ2n) is 7.34. The van der Waals surface area contributed by atoms with Crippen LogP contribution in [0.15, 0.2) is 9.42 Å². The molecular weight excluding hydrogens is 370 g/mol. The van der Waals surface area contributed by atoms with E-state index in [-0.39, 0.29) is 28.6 Å². The lowest BCUT2D eigenvalue weighted by Crippen LogP contribution is -2.37. The van der Waals surface area contributed by atoms with Gasteiger partial charge in [0.15, 0.2) is 11.5 Å². The normalized spacial score (nSPS) is 22.1. The highest BCUT2D eigenvalue weighted by Gasteiger charge is 2.33. The average Bonchev–Trinajstić information content (AvgIpc) is 3.32. The molecule has 0 aromatic carbocycles. The highest BCUT2D eigenvalue weighted by molar-refractivity contribution is 7.89. The maximum atomic E-state index is 12.6. The Balaban J connectivity index is 1.38. The summed E-state index contributed by atoms with van der Waals surface area (Å²) in [6.07, 6.45) is 4.77. The van der Waals surface area contributed by atoms with Crippen molar-refractivity contribution in [2.45, 2.75) is 69.4 Å². The van der Waals surface area contributed by atoms with E-state index in [2.05, 4.69) is 25.4 Å². The van der Waals surface area contributed by atoms with E-state index in [9.17, 15) is 13.2 Å². The lowest BCUT2D eigenvalue weighted by molar-refractivity contribution is 0.0931. The number of aromatic nitrogens is 3. The van der Waals surface area contributed by atoms with Gasteiger partial charge in [-0.15, -0.1) is 0 Å². The number of nitrogens with zero attached hydrogens (tertiary/aromatic N) is 2. The van der Waals surface area contributed by atoms with Gasteiger partial charge in [-0.2, -0.15) is 5.10 Å². The fraction of sp³-hybridized carbons (Fsp3) is 0.588. The van der Waals surface area contributed by atoms with Crippen LogP contribution < -0.4 is 10.0 Å². The Morgan fingerprint density at radius 2 is 2.00 bits per heavy atom. The molecule has 4 rings (SSSR count). The molecule has 9 nitrogen and oxygen atoms in total. The molecule has 0 radical (unpaired) electrons. The van der Waals surface area contributed by atoms with Crippen molar-refractivity contribution in [1.29, 1.82) is 0 Å². The molecule has 2 aliphatic rings. The van der Waals surface area contributed by atoms with Crippen LogP contribution in [0.2, 0.25) is 0 Å². The van der Waals surface area contributed by atoms with E-state index in [1.165, 1.54) is 0 Å². The molecule has 0 bridgehead atoms. The number of aromatic amines is 1. The van der Waals surface area contributed by atoms with Gasteiger partial charge in [-0.05, 0) is 52.4 Å². The third-order valence-corrected chi connectivity index (χ3v) is 7.11. The maximum absolute atomic E-state index is 12.6. The van der Waals surface area contributed by atoms with Gasteiger partial charge in [0.2, 0.25) is 10.0 Å². The van der Waals surface area contributed by atoms with E-state index in [4.69, 9.17) is 4.52 Å². The summed E-state index contributed by atoms with van der Waals surface area (Å²) < 4.78 is 32.9. The van der Waals surface area contributed by atoms with E-state index >= 15 is 0 Å². The number of hydrogen-bond acceptors (Lipinski definition) is 6. The minimum absolute atomic E-state index is 0.0800. The van der Waals surface area contributed by atoms with E-state index in [0.717, 1.165) is 30.5 Å². The number of rotatable bonds is 5. The summed E-state index contributed by atoms with van der Waals surface area (Å²) >= 11 is 0. The van der Waals surface area contributed by atoms with Crippen molar-refractivity contribution in [3.05, 3.63) is 28.4 Å². The molecule has 2 aromatic rings. The van der Waals surface area contributed by atoms with Gasteiger partial charge in [0.05, 0.1) is 0 Å². The van der Waals surface area contributed by atoms with Gasteiger partial charge in [0.1, 0.15) is 10.6 Å².